The van der Waals surface area contributed by atoms with Gasteiger partial charge in [-0.05, 0) is 53.9 Å². The summed E-state index contributed by atoms with van der Waals surface area (Å²) in [5.41, 5.74) is 0.561. The second kappa shape index (κ2) is 5.99. The van der Waals surface area contributed by atoms with Crippen molar-refractivity contribution in [2.24, 2.45) is 0 Å². The van der Waals surface area contributed by atoms with Crippen LogP contribution in [0.1, 0.15) is 28.4 Å². The van der Waals surface area contributed by atoms with Crippen molar-refractivity contribution in [3.8, 4) is 0 Å². The number of aryl methyl sites for hydroxylation is 1. The molecule has 6 heteroatoms. The molecule has 0 fully saturated rings. The standard InChI is InChI=1S/C15H11BrClF3O/c1-8-4-10(15(18,19)20)2-3-13(8)14(21)9-5-11(16)7-12(17)6-9/h2-7,14,21H,1H3. The molecule has 1 atom stereocenters. The van der Waals surface area contributed by atoms with Crippen molar-refractivity contribution in [3.63, 3.8) is 0 Å². The van der Waals surface area contributed by atoms with E-state index in [1.807, 2.05) is 0 Å². The zero-order valence-electron chi connectivity index (χ0n) is 10.9. The Morgan fingerprint density at radius 2 is 1.81 bits per heavy atom. The van der Waals surface area contributed by atoms with Gasteiger partial charge in [-0.1, -0.05) is 33.6 Å². The molecule has 1 nitrogen and oxygen atoms in total. The fraction of sp³-hybridized carbons (Fsp3) is 0.200. The second-order valence-corrected chi connectivity index (χ2v) is 6.03. The van der Waals surface area contributed by atoms with E-state index in [0.717, 1.165) is 12.1 Å². The lowest BCUT2D eigenvalue weighted by Gasteiger charge is -2.17. The molecule has 0 radical (unpaired) electrons. The van der Waals surface area contributed by atoms with Gasteiger partial charge >= 0.3 is 6.18 Å². The number of hydrogen-bond donors (Lipinski definition) is 1. The summed E-state index contributed by atoms with van der Waals surface area (Å²) in [7, 11) is 0. The molecule has 2 rings (SSSR count). The van der Waals surface area contributed by atoms with E-state index in [1.54, 1.807) is 18.2 Å². The van der Waals surface area contributed by atoms with Gasteiger partial charge in [0.25, 0.3) is 0 Å². The van der Waals surface area contributed by atoms with Gasteiger partial charge in [-0.2, -0.15) is 13.2 Å². The summed E-state index contributed by atoms with van der Waals surface area (Å²) < 4.78 is 38.6. The Balaban J connectivity index is 2.42. The molecule has 1 unspecified atom stereocenters. The van der Waals surface area contributed by atoms with Gasteiger partial charge in [0, 0.05) is 9.50 Å². The zero-order valence-corrected chi connectivity index (χ0v) is 13.2. The van der Waals surface area contributed by atoms with E-state index < -0.39 is 17.8 Å². The van der Waals surface area contributed by atoms with Crippen molar-refractivity contribution in [1.29, 1.82) is 0 Å². The van der Waals surface area contributed by atoms with Crippen LogP contribution in [0.5, 0.6) is 0 Å². The van der Waals surface area contributed by atoms with Gasteiger partial charge in [0.1, 0.15) is 6.10 Å². The number of aliphatic hydroxyl groups excluding tert-OH is 1. The lowest BCUT2D eigenvalue weighted by molar-refractivity contribution is -0.137. The van der Waals surface area contributed by atoms with E-state index >= 15 is 0 Å². The van der Waals surface area contributed by atoms with Gasteiger partial charge in [-0.3, -0.25) is 0 Å². The fourth-order valence-corrected chi connectivity index (χ4v) is 2.96. The van der Waals surface area contributed by atoms with E-state index in [1.165, 1.54) is 13.0 Å². The van der Waals surface area contributed by atoms with Gasteiger partial charge in [0.15, 0.2) is 0 Å². The third-order valence-electron chi connectivity index (χ3n) is 3.09. The molecule has 0 aliphatic rings. The zero-order chi connectivity index (χ0) is 15.8. The molecule has 0 aliphatic heterocycles. The maximum Gasteiger partial charge on any atom is 0.416 e. The molecular formula is C15H11BrClF3O. The van der Waals surface area contributed by atoms with Crippen molar-refractivity contribution in [1.82, 2.24) is 0 Å². The summed E-state index contributed by atoms with van der Waals surface area (Å²) in [6.07, 6.45) is -5.44. The molecule has 0 spiro atoms. The topological polar surface area (TPSA) is 20.2 Å². The van der Waals surface area contributed by atoms with Crippen molar-refractivity contribution in [2.75, 3.05) is 0 Å². The van der Waals surface area contributed by atoms with E-state index in [2.05, 4.69) is 15.9 Å². The van der Waals surface area contributed by atoms with Crippen LogP contribution in [0.3, 0.4) is 0 Å². The van der Waals surface area contributed by atoms with E-state index in [4.69, 9.17) is 11.6 Å². The summed E-state index contributed by atoms with van der Waals surface area (Å²) in [5.74, 6) is 0. The van der Waals surface area contributed by atoms with Crippen LogP contribution in [0.15, 0.2) is 40.9 Å². The SMILES string of the molecule is Cc1cc(C(F)(F)F)ccc1C(O)c1cc(Cl)cc(Br)c1. The monoisotopic (exact) mass is 378 g/mol. The highest BCUT2D eigenvalue weighted by Crippen LogP contribution is 2.34. The summed E-state index contributed by atoms with van der Waals surface area (Å²) in [6.45, 7) is 1.54. The van der Waals surface area contributed by atoms with Crippen LogP contribution in [0.2, 0.25) is 5.02 Å². The highest BCUT2D eigenvalue weighted by molar-refractivity contribution is 9.10. The summed E-state index contributed by atoms with van der Waals surface area (Å²) in [4.78, 5) is 0. The summed E-state index contributed by atoms with van der Waals surface area (Å²) in [6, 6.07) is 8.19. The third-order valence-corrected chi connectivity index (χ3v) is 3.77. The molecular weight excluding hydrogens is 369 g/mol. The van der Waals surface area contributed by atoms with Crippen LogP contribution in [0.4, 0.5) is 13.2 Å². The maximum absolute atomic E-state index is 12.6. The number of rotatable bonds is 2. The smallest absolute Gasteiger partial charge is 0.384 e. The molecule has 2 aromatic carbocycles. The Kier molecular flexibility index (Phi) is 4.66. The van der Waals surface area contributed by atoms with Gasteiger partial charge in [0.05, 0.1) is 5.56 Å². The molecule has 0 aliphatic carbocycles. The predicted molar refractivity (Wildman–Crippen MR) is 79.4 cm³/mol. The van der Waals surface area contributed by atoms with Gasteiger partial charge in [-0.15, -0.1) is 0 Å². The van der Waals surface area contributed by atoms with Crippen LogP contribution in [0.25, 0.3) is 0 Å². The van der Waals surface area contributed by atoms with Crippen molar-refractivity contribution in [3.05, 3.63) is 68.1 Å². The molecule has 0 amide bonds. The largest absolute Gasteiger partial charge is 0.416 e. The lowest BCUT2D eigenvalue weighted by atomic mass is 9.96. The first kappa shape index (κ1) is 16.3. The van der Waals surface area contributed by atoms with Crippen LogP contribution in [-0.4, -0.2) is 5.11 Å². The van der Waals surface area contributed by atoms with Gasteiger partial charge < -0.3 is 5.11 Å². The van der Waals surface area contributed by atoms with E-state index in [-0.39, 0.29) is 0 Å². The Labute approximate surface area is 133 Å². The summed E-state index contributed by atoms with van der Waals surface area (Å²) in [5, 5.41) is 10.8. The molecule has 0 bridgehead atoms. The number of hydrogen-bond acceptors (Lipinski definition) is 1. The number of halogens is 5. The average molecular weight is 380 g/mol. The minimum absolute atomic E-state index is 0.369. The molecule has 2 aromatic rings. The van der Waals surface area contributed by atoms with Crippen molar-refractivity contribution < 1.29 is 18.3 Å². The van der Waals surface area contributed by atoms with E-state index in [9.17, 15) is 18.3 Å². The first-order valence-electron chi connectivity index (χ1n) is 6.00. The minimum atomic E-state index is -4.40. The molecule has 0 saturated heterocycles. The molecule has 0 saturated carbocycles. The van der Waals surface area contributed by atoms with Gasteiger partial charge in [0.2, 0.25) is 0 Å². The maximum atomic E-state index is 12.6. The van der Waals surface area contributed by atoms with Crippen LogP contribution >= 0.6 is 27.5 Å². The number of aliphatic hydroxyl groups is 1. The highest BCUT2D eigenvalue weighted by Gasteiger charge is 2.31. The molecule has 0 aromatic heterocycles. The number of benzene rings is 2. The Hall–Kier alpha value is -1.04. The molecule has 21 heavy (non-hydrogen) atoms. The average Bonchev–Trinajstić information content (AvgIpc) is 2.35. The van der Waals surface area contributed by atoms with Gasteiger partial charge in [-0.25, -0.2) is 0 Å². The highest BCUT2D eigenvalue weighted by atomic mass is 79.9. The van der Waals surface area contributed by atoms with Crippen molar-refractivity contribution >= 4 is 27.5 Å². The lowest BCUT2D eigenvalue weighted by Crippen LogP contribution is -2.08. The molecule has 112 valence electrons. The minimum Gasteiger partial charge on any atom is -0.384 e. The Bertz CT molecular complexity index is 650. The van der Waals surface area contributed by atoms with Crippen LogP contribution in [-0.2, 0) is 6.18 Å². The summed E-state index contributed by atoms with van der Waals surface area (Å²) >= 11 is 9.18. The number of alkyl halides is 3. The first-order valence-corrected chi connectivity index (χ1v) is 7.17. The van der Waals surface area contributed by atoms with E-state index in [0.29, 0.717) is 26.2 Å². The normalized spacial score (nSPS) is 13.3. The quantitative estimate of drug-likeness (QED) is 0.729. The Morgan fingerprint density at radius 1 is 1.14 bits per heavy atom. The molecule has 1 N–H and O–H groups in total. The Morgan fingerprint density at radius 3 is 2.33 bits per heavy atom. The predicted octanol–water partition coefficient (Wildman–Crippen LogP) is 5.51. The first-order chi connectivity index (χ1) is 9.68. The fourth-order valence-electron chi connectivity index (χ4n) is 2.07. The van der Waals surface area contributed by atoms with Crippen molar-refractivity contribution in [2.45, 2.75) is 19.2 Å². The second-order valence-electron chi connectivity index (χ2n) is 4.67. The van der Waals surface area contributed by atoms with Crippen LogP contribution in [0, 0.1) is 6.92 Å². The molecule has 0 heterocycles. The third kappa shape index (κ3) is 3.78. The van der Waals surface area contributed by atoms with Crippen LogP contribution < -0.4 is 0 Å².